The highest BCUT2D eigenvalue weighted by atomic mass is 16.4. The highest BCUT2D eigenvalue weighted by molar-refractivity contribution is 4.94. The van der Waals surface area contributed by atoms with Crippen molar-refractivity contribution in [3.05, 3.63) is 17.8 Å². The second kappa shape index (κ2) is 5.02. The van der Waals surface area contributed by atoms with Crippen LogP contribution in [0.25, 0.3) is 0 Å². The molecule has 0 aliphatic rings. The number of nitrogens with zero attached hydrogens (tertiary/aromatic N) is 1. The van der Waals surface area contributed by atoms with E-state index in [1.807, 2.05) is 6.92 Å². The van der Waals surface area contributed by atoms with Gasteiger partial charge in [0.2, 0.25) is 5.89 Å². The Morgan fingerprint density at radius 3 is 2.92 bits per heavy atom. The summed E-state index contributed by atoms with van der Waals surface area (Å²) in [5.41, 5.74) is 0. The van der Waals surface area contributed by atoms with Gasteiger partial charge in [0.1, 0.15) is 5.76 Å². The minimum Gasteiger partial charge on any atom is -0.444 e. The topological polar surface area (TPSA) is 38.1 Å². The van der Waals surface area contributed by atoms with Crippen molar-refractivity contribution < 1.29 is 4.42 Å². The fraction of sp³-hybridized carbons (Fsp3) is 0.700. The number of aryl methyl sites for hydroxylation is 1. The summed E-state index contributed by atoms with van der Waals surface area (Å²) in [6.07, 6.45) is 4.17. The van der Waals surface area contributed by atoms with Crippen molar-refractivity contribution in [2.75, 3.05) is 6.54 Å². The predicted molar refractivity (Wildman–Crippen MR) is 52.6 cm³/mol. The lowest BCUT2D eigenvalue weighted by Crippen LogP contribution is -2.19. The Morgan fingerprint density at radius 1 is 1.62 bits per heavy atom. The second-order valence-electron chi connectivity index (χ2n) is 3.34. The van der Waals surface area contributed by atoms with Crippen LogP contribution < -0.4 is 5.32 Å². The Kier molecular flexibility index (Phi) is 3.96. The van der Waals surface area contributed by atoms with Crippen molar-refractivity contribution in [2.45, 2.75) is 39.7 Å². The summed E-state index contributed by atoms with van der Waals surface area (Å²) in [6.45, 7) is 7.19. The second-order valence-corrected chi connectivity index (χ2v) is 3.34. The molecule has 1 heterocycles. The molecule has 1 atom stereocenters. The van der Waals surface area contributed by atoms with Crippen LogP contribution in [0, 0.1) is 6.92 Å². The molecule has 0 aliphatic carbocycles. The number of oxazole rings is 1. The smallest absolute Gasteiger partial charge is 0.211 e. The summed E-state index contributed by atoms with van der Waals surface area (Å²) >= 11 is 0. The SMILES string of the molecule is CCCCNC(C)c1ncc(C)o1. The monoisotopic (exact) mass is 182 g/mol. The Hall–Kier alpha value is -0.830. The number of rotatable bonds is 5. The Bertz CT molecular complexity index is 245. The summed E-state index contributed by atoms with van der Waals surface area (Å²) in [5, 5.41) is 3.36. The molecule has 1 N–H and O–H groups in total. The van der Waals surface area contributed by atoms with Crippen LogP contribution in [-0.4, -0.2) is 11.5 Å². The molecule has 3 nitrogen and oxygen atoms in total. The number of unbranched alkanes of at least 4 members (excludes halogenated alkanes) is 1. The van der Waals surface area contributed by atoms with Crippen molar-refractivity contribution in [2.24, 2.45) is 0 Å². The van der Waals surface area contributed by atoms with Crippen LogP contribution in [0.2, 0.25) is 0 Å². The Labute approximate surface area is 79.5 Å². The highest BCUT2D eigenvalue weighted by Crippen LogP contribution is 2.11. The predicted octanol–water partition coefficient (Wildman–Crippen LogP) is 2.43. The van der Waals surface area contributed by atoms with Crippen LogP contribution in [-0.2, 0) is 0 Å². The fourth-order valence-corrected chi connectivity index (χ4v) is 1.16. The lowest BCUT2D eigenvalue weighted by Gasteiger charge is -2.08. The lowest BCUT2D eigenvalue weighted by molar-refractivity contribution is 0.401. The normalized spacial score (nSPS) is 13.2. The van der Waals surface area contributed by atoms with Gasteiger partial charge >= 0.3 is 0 Å². The van der Waals surface area contributed by atoms with Crippen molar-refractivity contribution in [3.8, 4) is 0 Å². The molecular weight excluding hydrogens is 164 g/mol. The molecule has 0 aromatic carbocycles. The molecule has 1 aromatic rings. The lowest BCUT2D eigenvalue weighted by atomic mass is 10.3. The van der Waals surface area contributed by atoms with Crippen molar-refractivity contribution in [1.29, 1.82) is 0 Å². The first kappa shape index (κ1) is 10.3. The molecule has 0 radical (unpaired) electrons. The van der Waals surface area contributed by atoms with Crippen molar-refractivity contribution in [1.82, 2.24) is 10.3 Å². The fourth-order valence-electron chi connectivity index (χ4n) is 1.16. The van der Waals surface area contributed by atoms with Crippen LogP contribution in [0.4, 0.5) is 0 Å². The van der Waals surface area contributed by atoms with E-state index in [-0.39, 0.29) is 6.04 Å². The Morgan fingerprint density at radius 2 is 2.38 bits per heavy atom. The molecule has 1 rings (SSSR count). The van der Waals surface area contributed by atoms with E-state index in [1.165, 1.54) is 12.8 Å². The summed E-state index contributed by atoms with van der Waals surface area (Å²) in [5.74, 6) is 1.66. The standard InChI is InChI=1S/C10H18N2O/c1-4-5-6-11-9(3)10-12-7-8(2)13-10/h7,9,11H,4-6H2,1-3H3. The molecule has 1 aromatic heterocycles. The average Bonchev–Trinajstić information content (AvgIpc) is 2.52. The zero-order valence-corrected chi connectivity index (χ0v) is 8.63. The van der Waals surface area contributed by atoms with E-state index in [4.69, 9.17) is 4.42 Å². The molecule has 74 valence electrons. The van der Waals surface area contributed by atoms with E-state index in [9.17, 15) is 0 Å². The molecule has 1 unspecified atom stereocenters. The average molecular weight is 182 g/mol. The summed E-state index contributed by atoms with van der Waals surface area (Å²) in [7, 11) is 0. The minimum absolute atomic E-state index is 0.222. The first-order valence-electron chi connectivity index (χ1n) is 4.89. The van der Waals surface area contributed by atoms with Gasteiger partial charge in [0.05, 0.1) is 12.2 Å². The molecule has 0 amide bonds. The van der Waals surface area contributed by atoms with E-state index in [2.05, 4.69) is 24.1 Å². The molecule has 13 heavy (non-hydrogen) atoms. The van der Waals surface area contributed by atoms with Crippen LogP contribution in [0.15, 0.2) is 10.6 Å². The van der Waals surface area contributed by atoms with Crippen LogP contribution in [0.3, 0.4) is 0 Å². The van der Waals surface area contributed by atoms with Gasteiger partial charge in [-0.25, -0.2) is 4.98 Å². The molecule has 0 bridgehead atoms. The van der Waals surface area contributed by atoms with Crippen molar-refractivity contribution in [3.63, 3.8) is 0 Å². The van der Waals surface area contributed by atoms with E-state index < -0.39 is 0 Å². The maximum absolute atomic E-state index is 5.40. The maximum atomic E-state index is 5.40. The molecule has 0 saturated heterocycles. The largest absolute Gasteiger partial charge is 0.444 e. The Balaban J connectivity index is 2.35. The van der Waals surface area contributed by atoms with Crippen LogP contribution >= 0.6 is 0 Å². The van der Waals surface area contributed by atoms with Gasteiger partial charge in [-0.15, -0.1) is 0 Å². The highest BCUT2D eigenvalue weighted by Gasteiger charge is 2.09. The van der Waals surface area contributed by atoms with E-state index in [0.717, 1.165) is 18.2 Å². The molecule has 0 fully saturated rings. The van der Waals surface area contributed by atoms with Gasteiger partial charge in [-0.1, -0.05) is 13.3 Å². The number of aromatic nitrogens is 1. The van der Waals surface area contributed by atoms with Gasteiger partial charge in [0, 0.05) is 0 Å². The third-order valence-corrected chi connectivity index (χ3v) is 1.99. The third-order valence-electron chi connectivity index (χ3n) is 1.99. The molecular formula is C10H18N2O. The van der Waals surface area contributed by atoms with E-state index >= 15 is 0 Å². The van der Waals surface area contributed by atoms with Gasteiger partial charge in [-0.2, -0.15) is 0 Å². The van der Waals surface area contributed by atoms with Gasteiger partial charge in [0.25, 0.3) is 0 Å². The zero-order chi connectivity index (χ0) is 9.68. The van der Waals surface area contributed by atoms with Gasteiger partial charge in [-0.3, -0.25) is 0 Å². The number of hydrogen-bond acceptors (Lipinski definition) is 3. The zero-order valence-electron chi connectivity index (χ0n) is 8.63. The molecule has 3 heteroatoms. The van der Waals surface area contributed by atoms with Crippen LogP contribution in [0.5, 0.6) is 0 Å². The van der Waals surface area contributed by atoms with Crippen LogP contribution in [0.1, 0.15) is 44.4 Å². The van der Waals surface area contributed by atoms with Crippen molar-refractivity contribution >= 4 is 0 Å². The van der Waals surface area contributed by atoms with Gasteiger partial charge in [0.15, 0.2) is 0 Å². The summed E-state index contributed by atoms with van der Waals surface area (Å²) in [6, 6.07) is 0.222. The minimum atomic E-state index is 0.222. The molecule has 0 saturated carbocycles. The first-order valence-corrected chi connectivity index (χ1v) is 4.89. The van der Waals surface area contributed by atoms with E-state index in [1.54, 1.807) is 6.20 Å². The van der Waals surface area contributed by atoms with Gasteiger partial charge < -0.3 is 9.73 Å². The first-order chi connectivity index (χ1) is 6.24. The maximum Gasteiger partial charge on any atom is 0.211 e. The number of nitrogens with one attached hydrogen (secondary N) is 1. The molecule has 0 aliphatic heterocycles. The molecule has 0 spiro atoms. The van der Waals surface area contributed by atoms with Gasteiger partial charge in [-0.05, 0) is 26.8 Å². The summed E-state index contributed by atoms with van der Waals surface area (Å²) in [4.78, 5) is 4.17. The summed E-state index contributed by atoms with van der Waals surface area (Å²) < 4.78 is 5.40. The quantitative estimate of drug-likeness (QED) is 0.711. The third kappa shape index (κ3) is 3.19. The number of hydrogen-bond donors (Lipinski definition) is 1. The van der Waals surface area contributed by atoms with E-state index in [0.29, 0.717) is 0 Å².